The molecule has 0 spiro atoms. The molecule has 10 aromatic rings. The molecule has 0 bridgehead atoms. The molecule has 0 nitrogen and oxygen atoms in total. The van der Waals surface area contributed by atoms with Crippen molar-refractivity contribution in [3.05, 3.63) is 170 Å². The summed E-state index contributed by atoms with van der Waals surface area (Å²) in [6.45, 7) is 0. The van der Waals surface area contributed by atoms with Crippen molar-refractivity contribution in [2.45, 2.75) is 0 Å². The van der Waals surface area contributed by atoms with Gasteiger partial charge in [-0.3, -0.25) is 0 Å². The van der Waals surface area contributed by atoms with E-state index >= 15 is 0 Å². The molecule has 0 unspecified atom stereocenters. The summed E-state index contributed by atoms with van der Waals surface area (Å²) in [4.78, 5) is 0. The van der Waals surface area contributed by atoms with Crippen LogP contribution in [0.15, 0.2) is 170 Å². The summed E-state index contributed by atoms with van der Waals surface area (Å²) < 4.78 is 0. The topological polar surface area (TPSA) is 0 Å². The van der Waals surface area contributed by atoms with E-state index in [1.54, 1.807) is 0 Å². The third-order valence-electron chi connectivity index (χ3n) is 10.0. The fourth-order valence-corrected chi connectivity index (χ4v) is 7.95. The summed E-state index contributed by atoms with van der Waals surface area (Å²) in [5.41, 5.74) is 5.08. The Labute approximate surface area is 266 Å². The molecule has 0 N–H and O–H groups in total. The number of fused-ring (bicyclic) bond motifs is 11. The van der Waals surface area contributed by atoms with E-state index in [-0.39, 0.29) is 0 Å². The minimum absolute atomic E-state index is 1.25. The van der Waals surface area contributed by atoms with Gasteiger partial charge in [0.25, 0.3) is 0 Å². The number of hydrogen-bond donors (Lipinski definition) is 0. The van der Waals surface area contributed by atoms with Crippen molar-refractivity contribution < 1.29 is 0 Å². The molecule has 10 rings (SSSR count). The highest BCUT2D eigenvalue weighted by molar-refractivity contribution is 6.27. The molecule has 10 aromatic carbocycles. The van der Waals surface area contributed by atoms with Crippen molar-refractivity contribution in [3.63, 3.8) is 0 Å². The zero-order chi connectivity index (χ0) is 30.2. The molecule has 0 heterocycles. The summed E-state index contributed by atoms with van der Waals surface area (Å²) in [7, 11) is 0. The summed E-state index contributed by atoms with van der Waals surface area (Å²) in [5.74, 6) is 0. The lowest BCUT2D eigenvalue weighted by molar-refractivity contribution is 1.66. The van der Waals surface area contributed by atoms with Crippen molar-refractivity contribution >= 4 is 75.4 Å². The molecule has 0 fully saturated rings. The maximum Gasteiger partial charge on any atom is -0.00141 e. The second-order valence-corrected chi connectivity index (χ2v) is 12.4. The van der Waals surface area contributed by atoms with Crippen LogP contribution in [0.3, 0.4) is 0 Å². The van der Waals surface area contributed by atoms with E-state index in [2.05, 4.69) is 170 Å². The van der Waals surface area contributed by atoms with E-state index in [0.717, 1.165) is 0 Å². The molecule has 0 atom stereocenters. The number of benzene rings is 10. The van der Waals surface area contributed by atoms with Gasteiger partial charge in [-0.2, -0.15) is 0 Å². The first-order valence-electron chi connectivity index (χ1n) is 16.0. The number of hydrogen-bond acceptors (Lipinski definition) is 0. The summed E-state index contributed by atoms with van der Waals surface area (Å²) in [6, 6.07) is 63.0. The molecule has 0 saturated carbocycles. The molecule has 0 heteroatoms. The van der Waals surface area contributed by atoms with Crippen LogP contribution in [0, 0.1) is 0 Å². The number of rotatable bonds is 2. The van der Waals surface area contributed by atoms with Crippen LogP contribution >= 0.6 is 0 Å². The first kappa shape index (κ1) is 25.4. The second-order valence-electron chi connectivity index (χ2n) is 12.4. The first-order chi connectivity index (χ1) is 22.8. The predicted octanol–water partition coefficient (Wildman–Crippen LogP) is 13.1. The molecule has 46 heavy (non-hydrogen) atoms. The van der Waals surface area contributed by atoms with E-state index in [9.17, 15) is 0 Å². The average molecular weight is 581 g/mol. The van der Waals surface area contributed by atoms with Gasteiger partial charge < -0.3 is 0 Å². The van der Waals surface area contributed by atoms with Gasteiger partial charge in [0.1, 0.15) is 0 Å². The van der Waals surface area contributed by atoms with Crippen molar-refractivity contribution in [1.29, 1.82) is 0 Å². The van der Waals surface area contributed by atoms with Gasteiger partial charge in [0, 0.05) is 0 Å². The standard InChI is InChI=1S/C46H28/c1-6-15-35-29(9-1)12-7-18-42(35)46-44(37-17-8-16-36-33-13-4-2-10-30(33)19-23-39(36)37)26-22-32-21-25-41-40-24-20-31-11-3-5-14-34(31)38(40)27-28-43(41)45(32)46/h1-28H. The van der Waals surface area contributed by atoms with E-state index < -0.39 is 0 Å². The molecule has 212 valence electrons. The zero-order valence-electron chi connectivity index (χ0n) is 25.2. The SMILES string of the molecule is c1ccc2c(-c3c(-c4cccc5c4ccc4ccccc45)ccc4ccc5c6ccc7ccccc7c6ccc5c34)cccc2c1. The molecule has 0 radical (unpaired) electrons. The Balaban J connectivity index is 1.39. The lowest BCUT2D eigenvalue weighted by Gasteiger charge is -2.20. The van der Waals surface area contributed by atoms with Gasteiger partial charge in [0.15, 0.2) is 0 Å². The van der Waals surface area contributed by atoms with Gasteiger partial charge in [0.2, 0.25) is 0 Å². The third-order valence-corrected chi connectivity index (χ3v) is 10.0. The van der Waals surface area contributed by atoms with Crippen LogP contribution in [-0.2, 0) is 0 Å². The summed E-state index contributed by atoms with van der Waals surface area (Å²) in [6.07, 6.45) is 0. The molecule has 0 amide bonds. The van der Waals surface area contributed by atoms with Crippen LogP contribution < -0.4 is 0 Å². The fourth-order valence-electron chi connectivity index (χ4n) is 7.95. The largest absolute Gasteiger partial charge is 0.0616 e. The molecule has 0 aliphatic carbocycles. The smallest absolute Gasteiger partial charge is 0.00141 e. The molecule has 0 aromatic heterocycles. The highest BCUT2D eigenvalue weighted by atomic mass is 14.2. The van der Waals surface area contributed by atoms with Crippen LogP contribution in [0.25, 0.3) is 97.7 Å². The van der Waals surface area contributed by atoms with Crippen molar-refractivity contribution in [2.75, 3.05) is 0 Å². The Morgan fingerprint density at radius 2 is 0.630 bits per heavy atom. The van der Waals surface area contributed by atoms with Gasteiger partial charge >= 0.3 is 0 Å². The van der Waals surface area contributed by atoms with Crippen LogP contribution in [0.5, 0.6) is 0 Å². The van der Waals surface area contributed by atoms with Crippen molar-refractivity contribution in [3.8, 4) is 22.3 Å². The van der Waals surface area contributed by atoms with E-state index in [0.29, 0.717) is 0 Å². The van der Waals surface area contributed by atoms with Crippen LogP contribution in [0.2, 0.25) is 0 Å². The first-order valence-corrected chi connectivity index (χ1v) is 16.0. The Hall–Kier alpha value is -5.98. The van der Waals surface area contributed by atoms with E-state index in [4.69, 9.17) is 0 Å². The van der Waals surface area contributed by atoms with Gasteiger partial charge in [0.05, 0.1) is 0 Å². The maximum absolute atomic E-state index is 2.36. The predicted molar refractivity (Wildman–Crippen MR) is 200 cm³/mol. The van der Waals surface area contributed by atoms with Gasteiger partial charge in [-0.15, -0.1) is 0 Å². The average Bonchev–Trinajstić information content (AvgIpc) is 3.13. The van der Waals surface area contributed by atoms with Gasteiger partial charge in [-0.1, -0.05) is 170 Å². The second kappa shape index (κ2) is 9.76. The molecule has 0 saturated heterocycles. The quantitative estimate of drug-likeness (QED) is 0.178. The van der Waals surface area contributed by atoms with Crippen LogP contribution in [0.4, 0.5) is 0 Å². The Morgan fingerprint density at radius 3 is 1.39 bits per heavy atom. The Morgan fingerprint density at radius 1 is 0.196 bits per heavy atom. The summed E-state index contributed by atoms with van der Waals surface area (Å²) in [5, 5.41) is 18.0. The molecular weight excluding hydrogens is 553 g/mol. The zero-order valence-corrected chi connectivity index (χ0v) is 25.2. The Bertz CT molecular complexity index is 2850. The molecule has 0 aliphatic rings. The monoisotopic (exact) mass is 580 g/mol. The van der Waals surface area contributed by atoms with Crippen LogP contribution in [-0.4, -0.2) is 0 Å². The fraction of sp³-hybridized carbons (Fsp3) is 0. The Kier molecular flexibility index (Phi) is 5.38. The van der Waals surface area contributed by atoms with E-state index in [1.807, 2.05) is 0 Å². The lowest BCUT2D eigenvalue weighted by Crippen LogP contribution is -1.92. The third kappa shape index (κ3) is 3.62. The summed E-state index contributed by atoms with van der Waals surface area (Å²) >= 11 is 0. The highest BCUT2D eigenvalue weighted by Crippen LogP contribution is 2.46. The minimum atomic E-state index is 1.25. The molecular formula is C46H28. The van der Waals surface area contributed by atoms with Crippen molar-refractivity contribution in [2.24, 2.45) is 0 Å². The van der Waals surface area contributed by atoms with E-state index in [1.165, 1.54) is 97.7 Å². The minimum Gasteiger partial charge on any atom is -0.0616 e. The lowest BCUT2D eigenvalue weighted by atomic mass is 9.83. The highest BCUT2D eigenvalue weighted by Gasteiger charge is 2.19. The maximum atomic E-state index is 2.36. The van der Waals surface area contributed by atoms with Crippen molar-refractivity contribution in [1.82, 2.24) is 0 Å². The normalized spacial score (nSPS) is 11.9. The van der Waals surface area contributed by atoms with Crippen LogP contribution in [0.1, 0.15) is 0 Å². The molecule has 0 aliphatic heterocycles. The van der Waals surface area contributed by atoms with Gasteiger partial charge in [-0.25, -0.2) is 0 Å². The van der Waals surface area contributed by atoms with Gasteiger partial charge in [-0.05, 0) is 97.7 Å².